The van der Waals surface area contributed by atoms with Crippen LogP contribution in [0, 0.1) is 5.92 Å². The summed E-state index contributed by atoms with van der Waals surface area (Å²) in [6, 6.07) is 0. The predicted molar refractivity (Wildman–Crippen MR) is 45.3 cm³/mol. The zero-order valence-corrected chi connectivity index (χ0v) is 7.89. The van der Waals surface area contributed by atoms with Gasteiger partial charge in [-0.25, -0.2) is 0 Å². The van der Waals surface area contributed by atoms with Crippen LogP contribution in [-0.2, 0) is 9.53 Å². The van der Waals surface area contributed by atoms with E-state index in [-0.39, 0.29) is 18.0 Å². The van der Waals surface area contributed by atoms with Crippen LogP contribution in [0.15, 0.2) is 0 Å². The predicted octanol–water partition coefficient (Wildman–Crippen LogP) is 2.37. The molecule has 0 radical (unpaired) electrons. The normalized spacial score (nSPS) is 15.6. The SMILES string of the molecule is CC[C@@H](C)OC(=O)[C@@H](C)CC. The fraction of sp³-hybridized carbons (Fsp3) is 0.889. The minimum absolute atomic E-state index is 0.0454. The summed E-state index contributed by atoms with van der Waals surface area (Å²) in [6.45, 7) is 7.81. The number of carbonyl (C=O) groups is 1. The maximum atomic E-state index is 11.1. The van der Waals surface area contributed by atoms with E-state index in [9.17, 15) is 4.79 Å². The second-order valence-electron chi connectivity index (χ2n) is 2.97. The van der Waals surface area contributed by atoms with Gasteiger partial charge < -0.3 is 4.74 Å². The van der Waals surface area contributed by atoms with Crippen LogP contribution in [0.5, 0.6) is 0 Å². The molecule has 0 rings (SSSR count). The summed E-state index contributed by atoms with van der Waals surface area (Å²) in [4.78, 5) is 11.1. The Hall–Kier alpha value is -0.530. The molecule has 0 fully saturated rings. The fourth-order valence-electron chi connectivity index (χ4n) is 0.564. The van der Waals surface area contributed by atoms with Gasteiger partial charge in [0, 0.05) is 0 Å². The van der Waals surface area contributed by atoms with Crippen LogP contribution in [0.2, 0.25) is 0 Å². The van der Waals surface area contributed by atoms with Crippen LogP contribution in [0.25, 0.3) is 0 Å². The van der Waals surface area contributed by atoms with Gasteiger partial charge in [-0.2, -0.15) is 0 Å². The van der Waals surface area contributed by atoms with Crippen molar-refractivity contribution in [2.45, 2.75) is 46.6 Å². The second-order valence-corrected chi connectivity index (χ2v) is 2.97. The Morgan fingerprint density at radius 1 is 1.27 bits per heavy atom. The minimum Gasteiger partial charge on any atom is -0.462 e. The van der Waals surface area contributed by atoms with Gasteiger partial charge in [-0.3, -0.25) is 4.79 Å². The first-order valence-corrected chi connectivity index (χ1v) is 4.32. The third kappa shape index (κ3) is 4.02. The Kier molecular flexibility index (Phi) is 4.92. The highest BCUT2D eigenvalue weighted by Crippen LogP contribution is 2.06. The molecular weight excluding hydrogens is 140 g/mol. The molecule has 0 aliphatic heterocycles. The number of ether oxygens (including phenoxy) is 1. The molecule has 0 saturated carbocycles. The van der Waals surface area contributed by atoms with Crippen molar-refractivity contribution in [1.29, 1.82) is 0 Å². The maximum Gasteiger partial charge on any atom is 0.308 e. The average Bonchev–Trinajstić information content (AvgIpc) is 2.02. The van der Waals surface area contributed by atoms with E-state index in [2.05, 4.69) is 0 Å². The van der Waals surface area contributed by atoms with Crippen molar-refractivity contribution in [2.75, 3.05) is 0 Å². The molecule has 0 aliphatic carbocycles. The third-order valence-electron chi connectivity index (χ3n) is 1.91. The van der Waals surface area contributed by atoms with E-state index in [1.54, 1.807) is 0 Å². The molecule has 0 aliphatic rings. The number of hydrogen-bond donors (Lipinski definition) is 0. The van der Waals surface area contributed by atoms with Gasteiger partial charge in [0.2, 0.25) is 0 Å². The molecule has 0 aromatic rings. The Bertz CT molecular complexity index is 121. The molecule has 0 aromatic carbocycles. The van der Waals surface area contributed by atoms with Gasteiger partial charge in [0.15, 0.2) is 0 Å². The van der Waals surface area contributed by atoms with E-state index in [1.807, 2.05) is 27.7 Å². The topological polar surface area (TPSA) is 26.3 Å². The quantitative estimate of drug-likeness (QED) is 0.587. The third-order valence-corrected chi connectivity index (χ3v) is 1.91. The van der Waals surface area contributed by atoms with Crippen molar-refractivity contribution in [3.05, 3.63) is 0 Å². The van der Waals surface area contributed by atoms with Crippen molar-refractivity contribution in [1.82, 2.24) is 0 Å². The van der Waals surface area contributed by atoms with Crippen molar-refractivity contribution >= 4 is 5.97 Å². The van der Waals surface area contributed by atoms with E-state index < -0.39 is 0 Å². The van der Waals surface area contributed by atoms with Gasteiger partial charge in [-0.1, -0.05) is 20.8 Å². The molecule has 0 saturated heterocycles. The van der Waals surface area contributed by atoms with Crippen LogP contribution in [-0.4, -0.2) is 12.1 Å². The van der Waals surface area contributed by atoms with Crippen molar-refractivity contribution < 1.29 is 9.53 Å². The van der Waals surface area contributed by atoms with Crippen LogP contribution < -0.4 is 0 Å². The molecule has 2 nitrogen and oxygen atoms in total. The van der Waals surface area contributed by atoms with Crippen molar-refractivity contribution in [2.24, 2.45) is 5.92 Å². The average molecular weight is 158 g/mol. The molecule has 0 aromatic heterocycles. The summed E-state index contributed by atoms with van der Waals surface area (Å²) in [7, 11) is 0. The van der Waals surface area contributed by atoms with Gasteiger partial charge >= 0.3 is 5.97 Å². The van der Waals surface area contributed by atoms with Crippen molar-refractivity contribution in [3.63, 3.8) is 0 Å². The largest absolute Gasteiger partial charge is 0.462 e. The molecule has 0 amide bonds. The van der Waals surface area contributed by atoms with Crippen LogP contribution in [0.3, 0.4) is 0 Å². The molecule has 0 bridgehead atoms. The molecule has 0 spiro atoms. The van der Waals surface area contributed by atoms with E-state index >= 15 is 0 Å². The molecule has 66 valence electrons. The minimum atomic E-state index is -0.0677. The number of hydrogen-bond acceptors (Lipinski definition) is 2. The van der Waals surface area contributed by atoms with Crippen LogP contribution >= 0.6 is 0 Å². The molecular formula is C9H18O2. The molecule has 11 heavy (non-hydrogen) atoms. The summed E-state index contributed by atoms with van der Waals surface area (Å²) in [5, 5.41) is 0. The second kappa shape index (κ2) is 5.16. The van der Waals surface area contributed by atoms with Gasteiger partial charge in [0.1, 0.15) is 0 Å². The zero-order chi connectivity index (χ0) is 8.85. The lowest BCUT2D eigenvalue weighted by Gasteiger charge is -2.13. The highest BCUT2D eigenvalue weighted by molar-refractivity contribution is 5.72. The first kappa shape index (κ1) is 10.5. The van der Waals surface area contributed by atoms with Crippen molar-refractivity contribution in [3.8, 4) is 0 Å². The smallest absolute Gasteiger partial charge is 0.308 e. The molecule has 0 N–H and O–H groups in total. The van der Waals surface area contributed by atoms with Gasteiger partial charge in [-0.05, 0) is 19.8 Å². The Morgan fingerprint density at radius 2 is 1.82 bits per heavy atom. The van der Waals surface area contributed by atoms with E-state index in [0.29, 0.717) is 0 Å². The van der Waals surface area contributed by atoms with E-state index in [4.69, 9.17) is 4.74 Å². The van der Waals surface area contributed by atoms with Gasteiger partial charge in [0.05, 0.1) is 12.0 Å². The zero-order valence-electron chi connectivity index (χ0n) is 7.89. The first-order valence-electron chi connectivity index (χ1n) is 4.32. The number of carbonyl (C=O) groups excluding carboxylic acids is 1. The molecule has 0 heterocycles. The van der Waals surface area contributed by atoms with Crippen LogP contribution in [0.1, 0.15) is 40.5 Å². The summed E-state index contributed by atoms with van der Waals surface area (Å²) in [6.07, 6.45) is 1.81. The fourth-order valence-corrected chi connectivity index (χ4v) is 0.564. The first-order chi connectivity index (χ1) is 5.11. The summed E-state index contributed by atoms with van der Waals surface area (Å²) < 4.78 is 5.11. The Balaban J connectivity index is 3.68. The highest BCUT2D eigenvalue weighted by atomic mass is 16.5. The van der Waals surface area contributed by atoms with Gasteiger partial charge in [-0.15, -0.1) is 0 Å². The lowest BCUT2D eigenvalue weighted by molar-refractivity contribution is -0.152. The summed E-state index contributed by atoms with van der Waals surface area (Å²) in [5.41, 5.74) is 0. The summed E-state index contributed by atoms with van der Waals surface area (Å²) in [5.74, 6) is -0.0224. The molecule has 0 unspecified atom stereocenters. The highest BCUT2D eigenvalue weighted by Gasteiger charge is 2.13. The lowest BCUT2D eigenvalue weighted by atomic mass is 10.1. The standard InChI is InChI=1S/C9H18O2/c1-5-7(3)9(10)11-8(4)6-2/h7-8H,5-6H2,1-4H3/t7-,8+/m0/s1. The lowest BCUT2D eigenvalue weighted by Crippen LogP contribution is -2.19. The van der Waals surface area contributed by atoms with E-state index in [0.717, 1.165) is 12.8 Å². The number of rotatable bonds is 4. The molecule has 2 atom stereocenters. The monoisotopic (exact) mass is 158 g/mol. The van der Waals surface area contributed by atoms with Crippen LogP contribution in [0.4, 0.5) is 0 Å². The Labute approximate surface area is 68.9 Å². The Morgan fingerprint density at radius 3 is 2.18 bits per heavy atom. The molecule has 2 heteroatoms. The summed E-state index contributed by atoms with van der Waals surface area (Å²) >= 11 is 0. The number of esters is 1. The van der Waals surface area contributed by atoms with Gasteiger partial charge in [0.25, 0.3) is 0 Å². The maximum absolute atomic E-state index is 11.1. The van der Waals surface area contributed by atoms with E-state index in [1.165, 1.54) is 0 Å².